The molecule has 4 nitrogen and oxygen atoms in total. The second-order valence-corrected chi connectivity index (χ2v) is 7.78. The Morgan fingerprint density at radius 3 is 1.76 bits per heavy atom. The molecule has 0 bridgehead atoms. The van der Waals surface area contributed by atoms with Crippen LogP contribution < -0.4 is 5.73 Å². The van der Waals surface area contributed by atoms with Crippen LogP contribution in [0.2, 0.25) is 0 Å². The van der Waals surface area contributed by atoms with Crippen LogP contribution in [0.4, 0.5) is 0 Å². The van der Waals surface area contributed by atoms with Gasteiger partial charge < -0.3 is 14.8 Å². The molecule has 0 amide bonds. The van der Waals surface area contributed by atoms with E-state index in [4.69, 9.17) is 14.8 Å². The zero-order valence-corrected chi connectivity index (χ0v) is 12.3. The van der Waals surface area contributed by atoms with E-state index in [1.54, 1.807) is 0 Å². The lowest BCUT2D eigenvalue weighted by atomic mass is 9.96. The first-order chi connectivity index (χ1) is 7.79. The van der Waals surface area contributed by atoms with E-state index < -0.39 is 12.9 Å². The van der Waals surface area contributed by atoms with Crippen LogP contribution in [0.5, 0.6) is 0 Å². The summed E-state index contributed by atoms with van der Waals surface area (Å²) in [6, 6.07) is 0. The second-order valence-electron chi connectivity index (χ2n) is 5.47. The normalized spacial score (nSPS) is 21.1. The highest BCUT2D eigenvalue weighted by atomic mass is 31.2. The standard InChI is InChI=1S/C12H26NO3P/c1-10(2)15-17(14,16-11(3)4)12(13)8-6-5-7-9-12/h10-11H,5-9,13H2,1-4H3. The Labute approximate surface area is 105 Å². The minimum Gasteiger partial charge on any atom is -0.315 e. The molecule has 1 fully saturated rings. The zero-order valence-electron chi connectivity index (χ0n) is 11.4. The van der Waals surface area contributed by atoms with E-state index in [0.717, 1.165) is 32.1 Å². The van der Waals surface area contributed by atoms with Gasteiger partial charge in [-0.15, -0.1) is 0 Å². The van der Waals surface area contributed by atoms with Crippen molar-refractivity contribution in [2.75, 3.05) is 0 Å². The molecule has 0 saturated heterocycles. The number of nitrogens with two attached hydrogens (primary N) is 1. The van der Waals surface area contributed by atoms with Crippen molar-refractivity contribution in [2.24, 2.45) is 5.73 Å². The van der Waals surface area contributed by atoms with Crippen LogP contribution in [0.25, 0.3) is 0 Å². The molecule has 0 aromatic heterocycles. The number of hydrogen-bond acceptors (Lipinski definition) is 4. The average molecular weight is 263 g/mol. The molecular weight excluding hydrogens is 237 g/mol. The van der Waals surface area contributed by atoms with Crippen LogP contribution in [0.1, 0.15) is 59.8 Å². The summed E-state index contributed by atoms with van der Waals surface area (Å²) in [6.07, 6.45) is 4.34. The van der Waals surface area contributed by atoms with E-state index in [-0.39, 0.29) is 12.2 Å². The van der Waals surface area contributed by atoms with Gasteiger partial charge >= 0.3 is 7.60 Å². The van der Waals surface area contributed by atoms with Gasteiger partial charge in [0.2, 0.25) is 0 Å². The highest BCUT2D eigenvalue weighted by molar-refractivity contribution is 7.55. The maximum atomic E-state index is 12.9. The van der Waals surface area contributed by atoms with E-state index in [1.165, 1.54) is 0 Å². The van der Waals surface area contributed by atoms with E-state index in [2.05, 4.69) is 0 Å². The largest absolute Gasteiger partial charge is 0.350 e. The van der Waals surface area contributed by atoms with Crippen molar-refractivity contribution in [2.45, 2.75) is 77.3 Å². The molecular formula is C12H26NO3P. The third-order valence-electron chi connectivity index (χ3n) is 2.96. The van der Waals surface area contributed by atoms with Crippen molar-refractivity contribution in [3.8, 4) is 0 Å². The molecule has 1 saturated carbocycles. The molecule has 0 aromatic rings. The minimum atomic E-state index is -3.24. The summed E-state index contributed by atoms with van der Waals surface area (Å²) in [5.74, 6) is 0. The molecule has 5 heteroatoms. The van der Waals surface area contributed by atoms with Crippen LogP contribution in [0.15, 0.2) is 0 Å². The lowest BCUT2D eigenvalue weighted by molar-refractivity contribution is 0.118. The Hall–Kier alpha value is 0.110. The zero-order chi connectivity index (χ0) is 13.1. The maximum absolute atomic E-state index is 12.9. The van der Waals surface area contributed by atoms with Crippen LogP contribution >= 0.6 is 7.60 Å². The molecule has 102 valence electrons. The summed E-state index contributed by atoms with van der Waals surface area (Å²) in [5.41, 5.74) is 6.32. The van der Waals surface area contributed by atoms with Gasteiger partial charge in [-0.3, -0.25) is 4.57 Å². The summed E-state index contributed by atoms with van der Waals surface area (Å²) < 4.78 is 24.1. The third-order valence-corrected chi connectivity index (χ3v) is 5.90. The topological polar surface area (TPSA) is 61.5 Å². The van der Waals surface area contributed by atoms with E-state index >= 15 is 0 Å². The molecule has 1 aliphatic carbocycles. The molecule has 0 aromatic carbocycles. The fourth-order valence-corrected chi connectivity index (χ4v) is 4.67. The monoisotopic (exact) mass is 263 g/mol. The first-order valence-corrected chi connectivity index (χ1v) is 8.09. The predicted molar refractivity (Wildman–Crippen MR) is 70.1 cm³/mol. The minimum absolute atomic E-state index is 0.137. The summed E-state index contributed by atoms with van der Waals surface area (Å²) >= 11 is 0. The Kier molecular flexibility index (Phi) is 5.21. The summed E-state index contributed by atoms with van der Waals surface area (Å²) in [7, 11) is -3.24. The van der Waals surface area contributed by atoms with Crippen molar-refractivity contribution < 1.29 is 13.6 Å². The van der Waals surface area contributed by atoms with Crippen LogP contribution in [-0.4, -0.2) is 17.5 Å². The van der Waals surface area contributed by atoms with Crippen molar-refractivity contribution >= 4 is 7.60 Å². The fraction of sp³-hybridized carbons (Fsp3) is 1.00. The van der Waals surface area contributed by atoms with Gasteiger partial charge in [0, 0.05) is 0 Å². The molecule has 0 unspecified atom stereocenters. The first kappa shape index (κ1) is 15.2. The van der Waals surface area contributed by atoms with Crippen LogP contribution in [-0.2, 0) is 13.6 Å². The molecule has 0 spiro atoms. The molecule has 1 rings (SSSR count). The lowest BCUT2D eigenvalue weighted by Crippen LogP contribution is -2.43. The van der Waals surface area contributed by atoms with E-state index in [1.807, 2.05) is 27.7 Å². The van der Waals surface area contributed by atoms with E-state index in [0.29, 0.717) is 0 Å². The smallest absolute Gasteiger partial charge is 0.315 e. The Morgan fingerprint density at radius 1 is 1.00 bits per heavy atom. The first-order valence-electron chi connectivity index (χ1n) is 6.55. The van der Waals surface area contributed by atoms with Gasteiger partial charge in [0.05, 0.1) is 12.2 Å². The van der Waals surface area contributed by atoms with Crippen molar-refractivity contribution in [3.63, 3.8) is 0 Å². The second kappa shape index (κ2) is 5.83. The molecule has 17 heavy (non-hydrogen) atoms. The van der Waals surface area contributed by atoms with Crippen molar-refractivity contribution in [3.05, 3.63) is 0 Å². The van der Waals surface area contributed by atoms with Crippen molar-refractivity contribution in [1.82, 2.24) is 0 Å². The summed E-state index contributed by atoms with van der Waals surface area (Å²) in [4.78, 5) is 0. The number of rotatable bonds is 5. The van der Waals surface area contributed by atoms with Gasteiger partial charge in [0.1, 0.15) is 5.28 Å². The van der Waals surface area contributed by atoms with Gasteiger partial charge in [-0.1, -0.05) is 19.3 Å². The molecule has 0 heterocycles. The Morgan fingerprint density at radius 2 is 1.41 bits per heavy atom. The van der Waals surface area contributed by atoms with Gasteiger partial charge in [0.25, 0.3) is 0 Å². The SMILES string of the molecule is CC(C)OP(=O)(OC(C)C)C1(N)CCCCC1. The summed E-state index contributed by atoms with van der Waals surface area (Å²) in [6.45, 7) is 7.45. The molecule has 0 aliphatic heterocycles. The van der Waals surface area contributed by atoms with Gasteiger partial charge in [-0.05, 0) is 40.5 Å². The maximum Gasteiger partial charge on any atom is 0.350 e. The van der Waals surface area contributed by atoms with Gasteiger partial charge in [-0.2, -0.15) is 0 Å². The predicted octanol–water partition coefficient (Wildman–Crippen LogP) is 3.65. The Bertz CT molecular complexity index is 271. The average Bonchev–Trinajstić information content (AvgIpc) is 2.15. The van der Waals surface area contributed by atoms with Crippen LogP contribution in [0.3, 0.4) is 0 Å². The van der Waals surface area contributed by atoms with Crippen LogP contribution in [0, 0.1) is 0 Å². The van der Waals surface area contributed by atoms with Gasteiger partial charge in [0.15, 0.2) is 0 Å². The Balaban J connectivity index is 2.91. The molecule has 0 atom stereocenters. The quantitative estimate of drug-likeness (QED) is 0.769. The van der Waals surface area contributed by atoms with E-state index in [9.17, 15) is 4.57 Å². The molecule has 0 radical (unpaired) electrons. The third kappa shape index (κ3) is 3.78. The fourth-order valence-electron chi connectivity index (χ4n) is 2.23. The summed E-state index contributed by atoms with van der Waals surface area (Å²) in [5, 5.41) is -0.792. The highest BCUT2D eigenvalue weighted by Gasteiger charge is 2.49. The van der Waals surface area contributed by atoms with Gasteiger partial charge in [-0.25, -0.2) is 0 Å². The lowest BCUT2D eigenvalue weighted by Gasteiger charge is -2.40. The molecule has 1 aliphatic rings. The number of hydrogen-bond donors (Lipinski definition) is 1. The van der Waals surface area contributed by atoms with Crippen molar-refractivity contribution in [1.29, 1.82) is 0 Å². The highest BCUT2D eigenvalue weighted by Crippen LogP contribution is 2.63. The molecule has 2 N–H and O–H groups in total.